The van der Waals surface area contributed by atoms with Crippen LogP contribution < -0.4 is 0 Å². The summed E-state index contributed by atoms with van der Waals surface area (Å²) in [6.07, 6.45) is 0. The highest BCUT2D eigenvalue weighted by atomic mass is 79.9. The average Bonchev–Trinajstić information content (AvgIpc) is 2.82. The molecule has 0 unspecified atom stereocenters. The maximum Gasteiger partial charge on any atom is 0.113 e. The Bertz CT molecular complexity index is 660. The van der Waals surface area contributed by atoms with Gasteiger partial charge in [0, 0.05) is 5.33 Å². The number of para-hydroxylation sites is 2. The molecule has 0 aliphatic carbocycles. The summed E-state index contributed by atoms with van der Waals surface area (Å²) in [5.74, 6) is 0. The summed E-state index contributed by atoms with van der Waals surface area (Å²) in [5, 5.41) is 9.19. The highest BCUT2D eigenvalue weighted by Crippen LogP contribution is 2.20. The molecule has 0 atom stereocenters. The highest BCUT2D eigenvalue weighted by Gasteiger charge is 2.08. The molecule has 0 radical (unpaired) electrons. The van der Waals surface area contributed by atoms with Crippen molar-refractivity contribution in [2.45, 2.75) is 5.33 Å². The standard InChI is InChI=1S/C13H10BrN3/c14-9-10-5-1-3-7-12(10)17-13-8-4-2-6-11(13)15-16-17/h1-8H,9H2. The Hall–Kier alpha value is -1.68. The second-order valence-corrected chi connectivity index (χ2v) is 4.31. The van der Waals surface area contributed by atoms with Crippen LogP contribution >= 0.6 is 15.9 Å². The van der Waals surface area contributed by atoms with E-state index in [4.69, 9.17) is 0 Å². The number of nitrogens with zero attached hydrogens (tertiary/aromatic N) is 3. The fourth-order valence-electron chi connectivity index (χ4n) is 1.88. The molecular formula is C13H10BrN3. The van der Waals surface area contributed by atoms with Crippen molar-refractivity contribution in [2.24, 2.45) is 0 Å². The van der Waals surface area contributed by atoms with E-state index in [1.165, 1.54) is 5.56 Å². The van der Waals surface area contributed by atoms with Gasteiger partial charge in [0.15, 0.2) is 0 Å². The maximum atomic E-state index is 4.22. The van der Waals surface area contributed by atoms with Crippen LogP contribution in [0.1, 0.15) is 5.56 Å². The van der Waals surface area contributed by atoms with E-state index in [1.807, 2.05) is 41.1 Å². The van der Waals surface area contributed by atoms with Crippen molar-refractivity contribution in [1.82, 2.24) is 15.0 Å². The first kappa shape index (κ1) is 10.5. The summed E-state index contributed by atoms with van der Waals surface area (Å²) in [4.78, 5) is 0. The number of hydrogen-bond donors (Lipinski definition) is 0. The molecule has 3 nitrogen and oxygen atoms in total. The van der Waals surface area contributed by atoms with Crippen LogP contribution in [0, 0.1) is 0 Å². The molecule has 0 spiro atoms. The van der Waals surface area contributed by atoms with Crippen LogP contribution in [-0.2, 0) is 5.33 Å². The zero-order chi connectivity index (χ0) is 11.7. The molecule has 3 rings (SSSR count). The van der Waals surface area contributed by atoms with Crippen molar-refractivity contribution in [3.05, 3.63) is 54.1 Å². The van der Waals surface area contributed by atoms with Crippen molar-refractivity contribution in [2.75, 3.05) is 0 Å². The lowest BCUT2D eigenvalue weighted by molar-refractivity contribution is 0.818. The van der Waals surface area contributed by atoms with Crippen molar-refractivity contribution in [3.63, 3.8) is 0 Å². The van der Waals surface area contributed by atoms with Gasteiger partial charge in [-0.15, -0.1) is 5.10 Å². The Morgan fingerprint density at radius 3 is 2.65 bits per heavy atom. The molecule has 0 saturated carbocycles. The molecule has 0 N–H and O–H groups in total. The number of benzene rings is 2. The summed E-state index contributed by atoms with van der Waals surface area (Å²) >= 11 is 3.50. The third kappa shape index (κ3) is 1.74. The lowest BCUT2D eigenvalue weighted by Gasteiger charge is -2.06. The monoisotopic (exact) mass is 287 g/mol. The first-order valence-corrected chi connectivity index (χ1v) is 6.47. The van der Waals surface area contributed by atoms with E-state index in [0.717, 1.165) is 22.1 Å². The minimum Gasteiger partial charge on any atom is -0.213 e. The zero-order valence-corrected chi connectivity index (χ0v) is 10.6. The van der Waals surface area contributed by atoms with Crippen molar-refractivity contribution < 1.29 is 0 Å². The summed E-state index contributed by atoms with van der Waals surface area (Å²) < 4.78 is 1.88. The fraction of sp³-hybridized carbons (Fsp3) is 0.0769. The molecule has 3 aromatic rings. The Morgan fingerprint density at radius 1 is 1.00 bits per heavy atom. The Kier molecular flexibility index (Phi) is 2.65. The van der Waals surface area contributed by atoms with E-state index in [9.17, 15) is 0 Å². The second-order valence-electron chi connectivity index (χ2n) is 3.75. The maximum absolute atomic E-state index is 4.22. The zero-order valence-electron chi connectivity index (χ0n) is 9.05. The van der Waals surface area contributed by atoms with Gasteiger partial charge < -0.3 is 0 Å². The van der Waals surface area contributed by atoms with Crippen LogP contribution in [0.4, 0.5) is 0 Å². The van der Waals surface area contributed by atoms with Gasteiger partial charge in [0.25, 0.3) is 0 Å². The van der Waals surface area contributed by atoms with Crippen LogP contribution in [0.2, 0.25) is 0 Å². The van der Waals surface area contributed by atoms with Crippen molar-refractivity contribution >= 4 is 27.0 Å². The van der Waals surface area contributed by atoms with Crippen LogP contribution in [0.3, 0.4) is 0 Å². The summed E-state index contributed by atoms with van der Waals surface area (Å²) in [6.45, 7) is 0. The van der Waals surface area contributed by atoms with Crippen molar-refractivity contribution in [1.29, 1.82) is 0 Å². The second kappa shape index (κ2) is 4.30. The molecule has 4 heteroatoms. The topological polar surface area (TPSA) is 30.7 Å². The van der Waals surface area contributed by atoms with Gasteiger partial charge in [0.2, 0.25) is 0 Å². The number of aromatic nitrogens is 3. The molecular weight excluding hydrogens is 278 g/mol. The largest absolute Gasteiger partial charge is 0.213 e. The third-order valence-electron chi connectivity index (χ3n) is 2.72. The van der Waals surface area contributed by atoms with Gasteiger partial charge in [-0.05, 0) is 23.8 Å². The summed E-state index contributed by atoms with van der Waals surface area (Å²) in [6, 6.07) is 16.1. The number of halogens is 1. The molecule has 1 aromatic heterocycles. The molecule has 0 bridgehead atoms. The molecule has 0 amide bonds. The number of alkyl halides is 1. The van der Waals surface area contributed by atoms with Crippen LogP contribution in [0.5, 0.6) is 0 Å². The molecule has 0 fully saturated rings. The predicted octanol–water partition coefficient (Wildman–Crippen LogP) is 3.32. The quantitative estimate of drug-likeness (QED) is 0.677. The van der Waals surface area contributed by atoms with Crippen LogP contribution in [0.25, 0.3) is 16.7 Å². The molecule has 84 valence electrons. The van der Waals surface area contributed by atoms with Gasteiger partial charge in [0.05, 0.1) is 11.2 Å². The van der Waals surface area contributed by atoms with E-state index in [1.54, 1.807) is 0 Å². The predicted molar refractivity (Wildman–Crippen MR) is 71.5 cm³/mol. The van der Waals surface area contributed by atoms with E-state index in [0.29, 0.717) is 0 Å². The molecule has 0 aliphatic heterocycles. The summed E-state index contributed by atoms with van der Waals surface area (Å²) in [7, 11) is 0. The third-order valence-corrected chi connectivity index (χ3v) is 3.32. The van der Waals surface area contributed by atoms with Crippen LogP contribution in [0.15, 0.2) is 48.5 Å². The highest BCUT2D eigenvalue weighted by molar-refractivity contribution is 9.08. The lowest BCUT2D eigenvalue weighted by Crippen LogP contribution is -2.00. The number of rotatable bonds is 2. The SMILES string of the molecule is BrCc1ccccc1-n1nnc2ccccc21. The molecule has 0 aliphatic rings. The number of hydrogen-bond acceptors (Lipinski definition) is 2. The normalized spacial score (nSPS) is 10.9. The Morgan fingerprint density at radius 2 is 1.76 bits per heavy atom. The van der Waals surface area contributed by atoms with Gasteiger partial charge in [-0.3, -0.25) is 0 Å². The Balaban J connectivity index is 2.27. The van der Waals surface area contributed by atoms with Gasteiger partial charge >= 0.3 is 0 Å². The smallest absolute Gasteiger partial charge is 0.113 e. The van der Waals surface area contributed by atoms with E-state index >= 15 is 0 Å². The van der Waals surface area contributed by atoms with E-state index in [2.05, 4.69) is 38.4 Å². The lowest BCUT2D eigenvalue weighted by atomic mass is 10.2. The van der Waals surface area contributed by atoms with Crippen molar-refractivity contribution in [3.8, 4) is 5.69 Å². The van der Waals surface area contributed by atoms with E-state index in [-0.39, 0.29) is 0 Å². The molecule has 0 saturated heterocycles. The Labute approximate surface area is 107 Å². The number of fused-ring (bicyclic) bond motifs is 1. The van der Waals surface area contributed by atoms with Crippen LogP contribution in [-0.4, -0.2) is 15.0 Å². The van der Waals surface area contributed by atoms with E-state index < -0.39 is 0 Å². The first-order chi connectivity index (χ1) is 8.40. The van der Waals surface area contributed by atoms with Gasteiger partial charge in [-0.1, -0.05) is 51.5 Å². The molecule has 2 aromatic carbocycles. The first-order valence-electron chi connectivity index (χ1n) is 5.35. The summed E-state index contributed by atoms with van der Waals surface area (Å²) in [5.41, 5.74) is 4.21. The minimum absolute atomic E-state index is 0.803. The fourth-order valence-corrected chi connectivity index (χ4v) is 2.35. The van der Waals surface area contributed by atoms with Gasteiger partial charge in [0.1, 0.15) is 5.52 Å². The molecule has 17 heavy (non-hydrogen) atoms. The van der Waals surface area contributed by atoms with Gasteiger partial charge in [-0.25, -0.2) is 4.68 Å². The van der Waals surface area contributed by atoms with Gasteiger partial charge in [-0.2, -0.15) is 0 Å². The minimum atomic E-state index is 0.803. The molecule has 1 heterocycles. The average molecular weight is 288 g/mol.